The van der Waals surface area contributed by atoms with Gasteiger partial charge in [0, 0.05) is 26.2 Å². The predicted molar refractivity (Wildman–Crippen MR) is 47.5 cm³/mol. The molecule has 0 aromatic rings. The minimum absolute atomic E-state index is 0. The maximum atomic E-state index is 4.72. The molecule has 1 aliphatic rings. The van der Waals surface area contributed by atoms with Gasteiger partial charge in [-0.3, -0.25) is 0 Å². The average molecular weight is 215 g/mol. The molecule has 0 bridgehead atoms. The summed E-state index contributed by atoms with van der Waals surface area (Å²) >= 11 is 9.44. The fraction of sp³-hybridized carbons (Fsp3) is 0.800. The number of nitrogens with zero attached hydrogens (tertiary/aromatic N) is 1. The van der Waals surface area contributed by atoms with E-state index in [1.165, 1.54) is 0 Å². The number of rotatable bonds is 1. The van der Waals surface area contributed by atoms with Crippen LogP contribution in [-0.4, -0.2) is 35.5 Å². The number of hydrogen-bond donors (Lipinski definition) is 2. The molecule has 11 heavy (non-hydrogen) atoms. The standard InChI is InChI=1S/C5H11N3S2.K/c9-5(10)7-8-3-1-6-2-4-8;/h6H,1-4H2,(H2,7,9,10);/q;+1/p-1. The van der Waals surface area contributed by atoms with Crippen molar-refractivity contribution in [3.8, 4) is 0 Å². The van der Waals surface area contributed by atoms with Crippen LogP contribution in [0.5, 0.6) is 0 Å². The van der Waals surface area contributed by atoms with Crippen molar-refractivity contribution in [2.24, 2.45) is 0 Å². The molecule has 1 fully saturated rings. The third kappa shape index (κ3) is 5.84. The molecule has 0 spiro atoms. The summed E-state index contributed by atoms with van der Waals surface area (Å²) in [5.41, 5.74) is 2.92. The molecule has 1 heterocycles. The molecule has 0 aromatic heterocycles. The molecule has 1 saturated heterocycles. The van der Waals surface area contributed by atoms with Crippen LogP contribution in [0.25, 0.3) is 0 Å². The van der Waals surface area contributed by atoms with E-state index in [0.29, 0.717) is 4.32 Å². The van der Waals surface area contributed by atoms with Crippen LogP contribution in [0.1, 0.15) is 0 Å². The van der Waals surface area contributed by atoms with E-state index in [4.69, 9.17) is 24.8 Å². The Bertz CT molecular complexity index is 127. The molecular weight excluding hydrogens is 205 g/mol. The summed E-state index contributed by atoms with van der Waals surface area (Å²) in [4.78, 5) is 0. The Kier molecular flexibility index (Phi) is 8.18. The summed E-state index contributed by atoms with van der Waals surface area (Å²) in [7, 11) is 0. The molecule has 58 valence electrons. The van der Waals surface area contributed by atoms with E-state index in [0.717, 1.165) is 26.2 Å². The van der Waals surface area contributed by atoms with E-state index < -0.39 is 0 Å². The van der Waals surface area contributed by atoms with E-state index >= 15 is 0 Å². The molecule has 0 aromatic carbocycles. The van der Waals surface area contributed by atoms with Crippen LogP contribution in [0.4, 0.5) is 0 Å². The van der Waals surface area contributed by atoms with Gasteiger partial charge in [0.25, 0.3) is 0 Å². The number of piperazine rings is 1. The van der Waals surface area contributed by atoms with E-state index in [2.05, 4.69) is 10.7 Å². The maximum absolute atomic E-state index is 4.72. The van der Waals surface area contributed by atoms with Gasteiger partial charge in [0.15, 0.2) is 0 Å². The number of hydrazine groups is 1. The second-order valence-electron chi connectivity index (χ2n) is 2.14. The zero-order valence-corrected chi connectivity index (χ0v) is 11.3. The Hall–Kier alpha value is 1.67. The zero-order valence-electron chi connectivity index (χ0n) is 6.59. The molecule has 0 radical (unpaired) electrons. The van der Waals surface area contributed by atoms with Gasteiger partial charge in [-0.2, -0.15) is 0 Å². The van der Waals surface area contributed by atoms with Crippen molar-refractivity contribution in [2.75, 3.05) is 26.2 Å². The smallest absolute Gasteiger partial charge is 0.410 e. The molecule has 0 saturated carbocycles. The molecule has 3 nitrogen and oxygen atoms in total. The second-order valence-corrected chi connectivity index (χ2v) is 3.21. The average Bonchev–Trinajstić information content (AvgIpc) is 1.88. The van der Waals surface area contributed by atoms with Crippen molar-refractivity contribution in [1.29, 1.82) is 0 Å². The number of hydrogen-bond acceptors (Lipinski definition) is 4. The molecule has 0 atom stereocenters. The van der Waals surface area contributed by atoms with E-state index in [1.807, 2.05) is 5.01 Å². The van der Waals surface area contributed by atoms with Crippen molar-refractivity contribution in [3.63, 3.8) is 0 Å². The molecule has 0 amide bonds. The predicted octanol–water partition coefficient (Wildman–Crippen LogP) is -3.77. The zero-order chi connectivity index (χ0) is 7.40. The molecular formula is C5H10KN3S2. The Morgan fingerprint density at radius 2 is 2.00 bits per heavy atom. The van der Waals surface area contributed by atoms with Gasteiger partial charge < -0.3 is 35.6 Å². The first-order valence-electron chi connectivity index (χ1n) is 3.22. The fourth-order valence-corrected chi connectivity index (χ4v) is 1.16. The first-order valence-corrected chi connectivity index (χ1v) is 4.04. The first-order chi connectivity index (χ1) is 4.79. The van der Waals surface area contributed by atoms with Gasteiger partial charge in [-0.1, -0.05) is 0 Å². The molecule has 1 rings (SSSR count). The van der Waals surface area contributed by atoms with Gasteiger partial charge in [-0.05, 0) is 4.32 Å². The molecule has 1 aliphatic heterocycles. The van der Waals surface area contributed by atoms with Crippen molar-refractivity contribution in [2.45, 2.75) is 0 Å². The Morgan fingerprint density at radius 3 is 2.45 bits per heavy atom. The van der Waals surface area contributed by atoms with Crippen LogP contribution in [0.15, 0.2) is 0 Å². The maximum Gasteiger partial charge on any atom is 1.00 e. The normalized spacial score (nSPS) is 18.5. The molecule has 6 heteroatoms. The van der Waals surface area contributed by atoms with E-state index in [-0.39, 0.29) is 51.4 Å². The number of thiocarbonyl (C=S) groups is 1. The summed E-state index contributed by atoms with van der Waals surface area (Å²) in [6.07, 6.45) is 0. The third-order valence-corrected chi connectivity index (χ3v) is 1.55. The Morgan fingerprint density at radius 1 is 1.45 bits per heavy atom. The summed E-state index contributed by atoms with van der Waals surface area (Å²) in [6.45, 7) is 3.95. The Labute approximate surface area is 120 Å². The van der Waals surface area contributed by atoms with Gasteiger partial charge >= 0.3 is 51.4 Å². The van der Waals surface area contributed by atoms with Crippen molar-refractivity contribution < 1.29 is 51.4 Å². The van der Waals surface area contributed by atoms with Gasteiger partial charge in [0.1, 0.15) is 0 Å². The van der Waals surface area contributed by atoms with Crippen LogP contribution >= 0.6 is 12.2 Å². The topological polar surface area (TPSA) is 27.3 Å². The quantitative estimate of drug-likeness (QED) is 0.266. The fourth-order valence-electron chi connectivity index (χ4n) is 0.906. The largest absolute Gasteiger partial charge is 1.00 e. The van der Waals surface area contributed by atoms with Crippen molar-refractivity contribution >= 4 is 29.2 Å². The summed E-state index contributed by atoms with van der Waals surface area (Å²) < 4.78 is 0.432. The monoisotopic (exact) mass is 215 g/mol. The minimum Gasteiger partial charge on any atom is -0.410 e. The van der Waals surface area contributed by atoms with Crippen LogP contribution in [0, 0.1) is 0 Å². The van der Waals surface area contributed by atoms with Gasteiger partial charge in [0.2, 0.25) is 0 Å². The van der Waals surface area contributed by atoms with Crippen LogP contribution < -0.4 is 62.1 Å². The van der Waals surface area contributed by atoms with Crippen LogP contribution in [-0.2, 0) is 12.6 Å². The summed E-state index contributed by atoms with van der Waals surface area (Å²) in [6, 6.07) is 0. The van der Waals surface area contributed by atoms with Crippen LogP contribution in [0.2, 0.25) is 0 Å². The van der Waals surface area contributed by atoms with Gasteiger partial charge in [-0.25, -0.2) is 5.01 Å². The second kappa shape index (κ2) is 7.11. The van der Waals surface area contributed by atoms with E-state index in [1.54, 1.807) is 0 Å². The summed E-state index contributed by atoms with van der Waals surface area (Å²) in [5, 5.41) is 5.26. The SMILES string of the molecule is S=C([S-])NN1CCNCC1.[K+]. The molecule has 0 unspecified atom stereocenters. The first kappa shape index (κ1) is 12.7. The van der Waals surface area contributed by atoms with Crippen LogP contribution in [0.3, 0.4) is 0 Å². The molecule has 2 N–H and O–H groups in total. The number of nitrogens with one attached hydrogen (secondary N) is 2. The van der Waals surface area contributed by atoms with Crippen molar-refractivity contribution in [3.05, 3.63) is 0 Å². The third-order valence-electron chi connectivity index (χ3n) is 1.37. The summed E-state index contributed by atoms with van der Waals surface area (Å²) in [5.74, 6) is 0. The Balaban J connectivity index is 0.000001000. The molecule has 0 aliphatic carbocycles. The van der Waals surface area contributed by atoms with E-state index in [9.17, 15) is 0 Å². The van der Waals surface area contributed by atoms with Gasteiger partial charge in [-0.15, -0.1) is 0 Å². The minimum atomic E-state index is 0. The van der Waals surface area contributed by atoms with Gasteiger partial charge in [0.05, 0.1) is 0 Å². The van der Waals surface area contributed by atoms with Crippen molar-refractivity contribution in [1.82, 2.24) is 15.8 Å².